The van der Waals surface area contributed by atoms with E-state index in [-0.39, 0.29) is 35.5 Å². The quantitative estimate of drug-likeness (QED) is 0.152. The Hall–Kier alpha value is -4.05. The first kappa shape index (κ1) is 35.8. The van der Waals surface area contributed by atoms with Crippen LogP contribution in [0, 0.1) is 6.92 Å². The second-order valence-corrected chi connectivity index (χ2v) is 14.0. The van der Waals surface area contributed by atoms with Crippen LogP contribution in [-0.4, -0.2) is 50.9 Å². The zero-order valence-corrected chi connectivity index (χ0v) is 29.1. The summed E-state index contributed by atoms with van der Waals surface area (Å²) in [6, 6.07) is 26.1. The van der Waals surface area contributed by atoms with E-state index in [1.807, 2.05) is 51.1 Å². The summed E-state index contributed by atoms with van der Waals surface area (Å²) in [5.74, 6) is -0.526. The lowest BCUT2D eigenvalue weighted by Crippen LogP contribution is -2.54. The van der Waals surface area contributed by atoms with E-state index < -0.39 is 28.5 Å². The molecule has 0 saturated heterocycles. The molecule has 0 bridgehead atoms. The second kappa shape index (κ2) is 16.2. The van der Waals surface area contributed by atoms with Gasteiger partial charge in [-0.1, -0.05) is 90.3 Å². The zero-order chi connectivity index (χ0) is 34.1. The lowest BCUT2D eigenvalue weighted by Gasteiger charge is -2.34. The van der Waals surface area contributed by atoms with Crippen LogP contribution in [0.1, 0.15) is 37.0 Å². The smallest absolute Gasteiger partial charge is 0.264 e. The van der Waals surface area contributed by atoms with Crippen LogP contribution < -0.4 is 14.4 Å². The third-order valence-electron chi connectivity index (χ3n) is 7.84. The Morgan fingerprint density at radius 1 is 0.872 bits per heavy atom. The molecule has 0 heterocycles. The Bertz CT molecular complexity index is 1790. The van der Waals surface area contributed by atoms with Crippen molar-refractivity contribution in [1.29, 1.82) is 0 Å². The van der Waals surface area contributed by atoms with Gasteiger partial charge in [-0.15, -0.1) is 0 Å². The van der Waals surface area contributed by atoms with Gasteiger partial charge in [0.2, 0.25) is 11.8 Å². The number of benzene rings is 4. The molecule has 8 nitrogen and oxygen atoms in total. The molecule has 248 valence electrons. The molecule has 0 unspecified atom stereocenters. The molecule has 0 radical (unpaired) electrons. The summed E-state index contributed by atoms with van der Waals surface area (Å²) >= 11 is 12.5. The van der Waals surface area contributed by atoms with Crippen LogP contribution >= 0.6 is 23.2 Å². The third kappa shape index (κ3) is 9.28. The van der Waals surface area contributed by atoms with E-state index in [1.165, 1.54) is 24.1 Å². The molecule has 0 spiro atoms. The van der Waals surface area contributed by atoms with E-state index >= 15 is 0 Å². The van der Waals surface area contributed by atoms with E-state index in [0.717, 1.165) is 15.4 Å². The maximum Gasteiger partial charge on any atom is 0.264 e. The SMILES string of the molecule is CC[C@@H](C)NC(=O)[C@H](Cc1ccccc1)N(Cc1ccc(Cl)c(Cl)c1)C(=O)CN(c1cccc(OC)c1)S(=O)(=O)c1ccc(C)cc1. The van der Waals surface area contributed by atoms with Crippen LogP contribution in [0.4, 0.5) is 5.69 Å². The van der Waals surface area contributed by atoms with Crippen molar-refractivity contribution >= 4 is 50.7 Å². The van der Waals surface area contributed by atoms with E-state index in [1.54, 1.807) is 54.6 Å². The number of hydrogen-bond acceptors (Lipinski definition) is 5. The number of sulfonamides is 1. The summed E-state index contributed by atoms with van der Waals surface area (Å²) in [6.45, 7) is 5.08. The normalized spacial score (nSPS) is 12.6. The topological polar surface area (TPSA) is 96.0 Å². The summed E-state index contributed by atoms with van der Waals surface area (Å²) in [4.78, 5) is 30.0. The molecule has 0 fully saturated rings. The zero-order valence-electron chi connectivity index (χ0n) is 26.8. The number of nitrogens with zero attached hydrogens (tertiary/aromatic N) is 2. The van der Waals surface area contributed by atoms with Crippen molar-refractivity contribution in [2.24, 2.45) is 0 Å². The molecular formula is C36H39Cl2N3O5S. The average molecular weight is 697 g/mol. The van der Waals surface area contributed by atoms with Gasteiger partial charge in [-0.2, -0.15) is 0 Å². The molecular weight excluding hydrogens is 657 g/mol. The van der Waals surface area contributed by atoms with Crippen LogP contribution in [0.5, 0.6) is 5.75 Å². The number of methoxy groups -OCH3 is 1. The maximum atomic E-state index is 14.6. The number of hydrogen-bond donors (Lipinski definition) is 1. The number of carbonyl (C=O) groups is 2. The van der Waals surface area contributed by atoms with Gasteiger partial charge in [0.15, 0.2) is 0 Å². The van der Waals surface area contributed by atoms with Gasteiger partial charge in [-0.05, 0) is 67.8 Å². The van der Waals surface area contributed by atoms with Crippen molar-refractivity contribution in [2.75, 3.05) is 18.0 Å². The van der Waals surface area contributed by atoms with Crippen molar-refractivity contribution in [3.63, 3.8) is 0 Å². The predicted molar refractivity (Wildman–Crippen MR) is 188 cm³/mol. The van der Waals surface area contributed by atoms with Gasteiger partial charge in [-0.3, -0.25) is 13.9 Å². The number of anilines is 1. The summed E-state index contributed by atoms with van der Waals surface area (Å²) in [5.41, 5.74) is 2.57. The van der Waals surface area contributed by atoms with Gasteiger partial charge in [0.1, 0.15) is 18.3 Å². The van der Waals surface area contributed by atoms with Crippen molar-refractivity contribution < 1.29 is 22.7 Å². The minimum atomic E-state index is -4.25. The van der Waals surface area contributed by atoms with Crippen LogP contribution in [0.15, 0.2) is 102 Å². The summed E-state index contributed by atoms with van der Waals surface area (Å²) in [6.07, 6.45) is 0.878. The first-order valence-corrected chi connectivity index (χ1v) is 17.4. The number of rotatable bonds is 14. The molecule has 1 N–H and O–H groups in total. The van der Waals surface area contributed by atoms with Crippen molar-refractivity contribution in [1.82, 2.24) is 10.2 Å². The van der Waals surface area contributed by atoms with Crippen molar-refractivity contribution in [3.8, 4) is 5.75 Å². The van der Waals surface area contributed by atoms with Gasteiger partial charge in [0.25, 0.3) is 10.0 Å². The molecule has 2 amide bonds. The van der Waals surface area contributed by atoms with Gasteiger partial charge < -0.3 is 15.0 Å². The molecule has 2 atom stereocenters. The number of halogens is 2. The van der Waals surface area contributed by atoms with Gasteiger partial charge >= 0.3 is 0 Å². The Morgan fingerprint density at radius 2 is 1.57 bits per heavy atom. The lowest BCUT2D eigenvalue weighted by atomic mass is 10.0. The third-order valence-corrected chi connectivity index (χ3v) is 10.4. The highest BCUT2D eigenvalue weighted by Gasteiger charge is 2.35. The standard InChI is InChI=1S/C36H39Cl2N3O5S/c1-5-26(3)39-36(43)34(21-27-10-7-6-8-11-27)40(23-28-16-19-32(37)33(38)20-28)35(42)24-41(29-12-9-13-30(22-29)46-4)47(44,45)31-17-14-25(2)15-18-31/h6-20,22,26,34H,5,21,23-24H2,1-4H3,(H,39,43)/t26-,34+/m1/s1. The van der Waals surface area contributed by atoms with E-state index in [9.17, 15) is 18.0 Å². The molecule has 0 aliphatic carbocycles. The van der Waals surface area contributed by atoms with Crippen molar-refractivity contribution in [3.05, 3.63) is 124 Å². The highest BCUT2D eigenvalue weighted by Crippen LogP contribution is 2.29. The fourth-order valence-electron chi connectivity index (χ4n) is 4.96. The molecule has 0 aromatic heterocycles. The Kier molecular flexibility index (Phi) is 12.3. The van der Waals surface area contributed by atoms with Gasteiger partial charge in [0, 0.05) is 25.1 Å². The highest BCUT2D eigenvalue weighted by atomic mass is 35.5. The van der Waals surface area contributed by atoms with Gasteiger partial charge in [-0.25, -0.2) is 8.42 Å². The largest absolute Gasteiger partial charge is 0.497 e. The Morgan fingerprint density at radius 3 is 2.21 bits per heavy atom. The second-order valence-electron chi connectivity index (χ2n) is 11.3. The molecule has 4 aromatic carbocycles. The molecule has 0 aliphatic rings. The van der Waals surface area contributed by atoms with E-state index in [0.29, 0.717) is 27.8 Å². The summed E-state index contributed by atoms with van der Waals surface area (Å²) in [5, 5.41) is 3.66. The maximum absolute atomic E-state index is 14.6. The number of aryl methyl sites for hydroxylation is 1. The Labute approximate surface area is 287 Å². The highest BCUT2D eigenvalue weighted by molar-refractivity contribution is 7.92. The number of amides is 2. The number of nitrogens with one attached hydrogen (secondary N) is 1. The molecule has 11 heteroatoms. The fourth-order valence-corrected chi connectivity index (χ4v) is 6.69. The molecule has 0 aliphatic heterocycles. The van der Waals surface area contributed by atoms with Crippen LogP contribution in [0.25, 0.3) is 0 Å². The number of carbonyl (C=O) groups excluding carboxylic acids is 2. The summed E-state index contributed by atoms with van der Waals surface area (Å²) in [7, 11) is -2.77. The minimum absolute atomic E-state index is 0.0186. The minimum Gasteiger partial charge on any atom is -0.497 e. The first-order valence-electron chi connectivity index (χ1n) is 15.2. The molecule has 0 saturated carbocycles. The van der Waals surface area contributed by atoms with Crippen LogP contribution in [-0.2, 0) is 32.6 Å². The van der Waals surface area contributed by atoms with Crippen molar-refractivity contribution in [2.45, 2.75) is 57.1 Å². The van der Waals surface area contributed by atoms with Gasteiger partial charge in [0.05, 0.1) is 27.7 Å². The van der Waals surface area contributed by atoms with E-state index in [4.69, 9.17) is 27.9 Å². The average Bonchev–Trinajstić information content (AvgIpc) is 3.07. The molecule has 47 heavy (non-hydrogen) atoms. The molecule has 4 aromatic rings. The monoisotopic (exact) mass is 695 g/mol. The van der Waals surface area contributed by atoms with Crippen LogP contribution in [0.3, 0.4) is 0 Å². The van der Waals surface area contributed by atoms with E-state index in [2.05, 4.69) is 5.32 Å². The summed E-state index contributed by atoms with van der Waals surface area (Å²) < 4.78 is 34.9. The van der Waals surface area contributed by atoms with Crippen LogP contribution in [0.2, 0.25) is 10.0 Å². The lowest BCUT2D eigenvalue weighted by molar-refractivity contribution is -0.140. The fraction of sp³-hybridized carbons (Fsp3) is 0.278. The first-order chi connectivity index (χ1) is 22.4. The predicted octanol–water partition coefficient (Wildman–Crippen LogP) is 7.06. The number of ether oxygens (including phenoxy) is 1. The molecule has 4 rings (SSSR count). The Balaban J connectivity index is 1.83.